The van der Waals surface area contributed by atoms with Gasteiger partial charge >= 0.3 is 0 Å². The molecule has 0 amide bonds. The van der Waals surface area contributed by atoms with Crippen molar-refractivity contribution >= 4 is 17.9 Å². The van der Waals surface area contributed by atoms with Crippen molar-refractivity contribution in [3.63, 3.8) is 0 Å². The molecular weight excluding hydrogens is 246 g/mol. The van der Waals surface area contributed by atoms with E-state index in [9.17, 15) is 13.6 Å². The normalized spacial score (nSPS) is 10.3. The molecule has 0 radical (unpaired) electrons. The van der Waals surface area contributed by atoms with Gasteiger partial charge in [-0.3, -0.25) is 4.79 Å². The molecule has 86 valence electrons. The number of halogens is 3. The van der Waals surface area contributed by atoms with Crippen LogP contribution in [0.4, 0.5) is 8.78 Å². The summed E-state index contributed by atoms with van der Waals surface area (Å²) in [6.07, 6.45) is 0.646. The van der Waals surface area contributed by atoms with Crippen molar-refractivity contribution in [1.29, 1.82) is 0 Å². The van der Waals surface area contributed by atoms with Gasteiger partial charge in [0.05, 0.1) is 5.02 Å². The molecule has 0 fully saturated rings. The standard InChI is InChI=1S/C13H7ClF2O/c14-11-6-13(16)12(15)5-10(11)9-4-2-1-3-8(9)7-17/h1-7H. The summed E-state index contributed by atoms with van der Waals surface area (Å²) in [5, 5.41) is 0.0678. The summed E-state index contributed by atoms with van der Waals surface area (Å²) < 4.78 is 26.1. The first-order valence-corrected chi connectivity index (χ1v) is 5.20. The fourth-order valence-electron chi connectivity index (χ4n) is 1.57. The zero-order valence-electron chi connectivity index (χ0n) is 8.58. The van der Waals surface area contributed by atoms with E-state index >= 15 is 0 Å². The first kappa shape index (κ1) is 11.7. The van der Waals surface area contributed by atoms with Crippen LogP contribution in [-0.4, -0.2) is 6.29 Å². The van der Waals surface area contributed by atoms with E-state index in [1.807, 2.05) is 0 Å². The van der Waals surface area contributed by atoms with Gasteiger partial charge in [-0.05, 0) is 17.7 Å². The quantitative estimate of drug-likeness (QED) is 0.581. The Morgan fingerprint density at radius 2 is 1.65 bits per heavy atom. The second kappa shape index (κ2) is 4.63. The highest BCUT2D eigenvalue weighted by Gasteiger charge is 2.12. The van der Waals surface area contributed by atoms with E-state index in [4.69, 9.17) is 11.6 Å². The second-order valence-electron chi connectivity index (χ2n) is 3.45. The van der Waals surface area contributed by atoms with Gasteiger partial charge in [0, 0.05) is 11.1 Å². The molecule has 0 spiro atoms. The maximum absolute atomic E-state index is 13.2. The van der Waals surface area contributed by atoms with Gasteiger partial charge in [-0.15, -0.1) is 0 Å². The SMILES string of the molecule is O=Cc1ccccc1-c1cc(F)c(F)cc1Cl. The Balaban J connectivity index is 2.68. The van der Waals surface area contributed by atoms with Crippen molar-refractivity contribution in [2.75, 3.05) is 0 Å². The summed E-state index contributed by atoms with van der Waals surface area (Å²) in [6.45, 7) is 0. The van der Waals surface area contributed by atoms with E-state index in [0.29, 0.717) is 23.0 Å². The predicted octanol–water partition coefficient (Wildman–Crippen LogP) is 4.10. The van der Waals surface area contributed by atoms with Crippen molar-refractivity contribution in [2.24, 2.45) is 0 Å². The predicted molar refractivity (Wildman–Crippen MR) is 62.2 cm³/mol. The molecule has 0 aliphatic heterocycles. The lowest BCUT2D eigenvalue weighted by Gasteiger charge is -2.07. The highest BCUT2D eigenvalue weighted by atomic mass is 35.5. The number of carbonyl (C=O) groups excluding carboxylic acids is 1. The molecule has 4 heteroatoms. The summed E-state index contributed by atoms with van der Waals surface area (Å²) in [5.74, 6) is -2.01. The zero-order chi connectivity index (χ0) is 12.4. The molecule has 0 aliphatic carbocycles. The molecule has 0 atom stereocenters. The van der Waals surface area contributed by atoms with Crippen LogP contribution in [0.1, 0.15) is 10.4 Å². The van der Waals surface area contributed by atoms with Crippen molar-refractivity contribution < 1.29 is 13.6 Å². The van der Waals surface area contributed by atoms with Crippen LogP contribution in [0.2, 0.25) is 5.02 Å². The van der Waals surface area contributed by atoms with E-state index in [0.717, 1.165) is 12.1 Å². The van der Waals surface area contributed by atoms with Crippen LogP contribution in [-0.2, 0) is 0 Å². The minimum absolute atomic E-state index is 0.0678. The number of carbonyl (C=O) groups is 1. The van der Waals surface area contributed by atoms with Gasteiger partial charge in [0.1, 0.15) is 0 Å². The third-order valence-corrected chi connectivity index (χ3v) is 2.70. The topological polar surface area (TPSA) is 17.1 Å². The molecule has 2 aromatic rings. The molecule has 0 saturated carbocycles. The van der Waals surface area contributed by atoms with Crippen LogP contribution in [0.25, 0.3) is 11.1 Å². The van der Waals surface area contributed by atoms with Crippen LogP contribution < -0.4 is 0 Å². The Morgan fingerprint density at radius 3 is 2.35 bits per heavy atom. The summed E-state index contributed by atoms with van der Waals surface area (Å²) in [6, 6.07) is 8.47. The largest absolute Gasteiger partial charge is 0.298 e. The fraction of sp³-hybridized carbons (Fsp3) is 0. The molecule has 0 unspecified atom stereocenters. The molecule has 0 saturated heterocycles. The van der Waals surface area contributed by atoms with Crippen LogP contribution in [0.5, 0.6) is 0 Å². The Hall–Kier alpha value is -1.74. The average Bonchev–Trinajstić information content (AvgIpc) is 2.34. The van der Waals surface area contributed by atoms with Crippen LogP contribution >= 0.6 is 11.6 Å². The van der Waals surface area contributed by atoms with Gasteiger partial charge < -0.3 is 0 Å². The second-order valence-corrected chi connectivity index (χ2v) is 3.86. The molecule has 0 aliphatic rings. The Bertz CT molecular complexity index is 582. The van der Waals surface area contributed by atoms with E-state index in [2.05, 4.69) is 0 Å². The van der Waals surface area contributed by atoms with E-state index in [1.54, 1.807) is 24.3 Å². The lowest BCUT2D eigenvalue weighted by Crippen LogP contribution is -1.91. The van der Waals surface area contributed by atoms with E-state index in [1.165, 1.54) is 0 Å². The minimum Gasteiger partial charge on any atom is -0.298 e. The minimum atomic E-state index is -1.01. The highest BCUT2D eigenvalue weighted by Crippen LogP contribution is 2.31. The van der Waals surface area contributed by atoms with E-state index < -0.39 is 11.6 Å². The summed E-state index contributed by atoms with van der Waals surface area (Å²) in [4.78, 5) is 10.9. The van der Waals surface area contributed by atoms with E-state index in [-0.39, 0.29) is 5.02 Å². The molecule has 0 bridgehead atoms. The first-order valence-electron chi connectivity index (χ1n) is 4.82. The average molecular weight is 253 g/mol. The summed E-state index contributed by atoms with van der Waals surface area (Å²) in [5.41, 5.74) is 1.15. The maximum Gasteiger partial charge on any atom is 0.160 e. The molecule has 0 aromatic heterocycles. The maximum atomic E-state index is 13.2. The van der Waals surface area contributed by atoms with Crippen molar-refractivity contribution in [2.45, 2.75) is 0 Å². The number of rotatable bonds is 2. The van der Waals surface area contributed by atoms with Crippen LogP contribution in [0, 0.1) is 11.6 Å². The highest BCUT2D eigenvalue weighted by molar-refractivity contribution is 6.33. The van der Waals surface area contributed by atoms with Gasteiger partial charge in [0.15, 0.2) is 17.9 Å². The smallest absolute Gasteiger partial charge is 0.160 e. The van der Waals surface area contributed by atoms with Gasteiger partial charge in [0.25, 0.3) is 0 Å². The lowest BCUT2D eigenvalue weighted by atomic mass is 10.0. The number of benzene rings is 2. The first-order chi connectivity index (χ1) is 8.13. The fourth-order valence-corrected chi connectivity index (χ4v) is 1.83. The molecule has 1 nitrogen and oxygen atoms in total. The van der Waals surface area contributed by atoms with Crippen molar-refractivity contribution in [3.8, 4) is 11.1 Å². The Morgan fingerprint density at radius 1 is 1.00 bits per heavy atom. The zero-order valence-corrected chi connectivity index (χ0v) is 9.34. The van der Waals surface area contributed by atoms with Crippen LogP contribution in [0.15, 0.2) is 36.4 Å². The third-order valence-electron chi connectivity index (χ3n) is 2.39. The molecule has 0 N–H and O–H groups in total. The molecule has 2 aromatic carbocycles. The molecule has 2 rings (SSSR count). The van der Waals surface area contributed by atoms with Crippen LogP contribution in [0.3, 0.4) is 0 Å². The van der Waals surface area contributed by atoms with Gasteiger partial charge in [0.2, 0.25) is 0 Å². The monoisotopic (exact) mass is 252 g/mol. The van der Waals surface area contributed by atoms with Gasteiger partial charge in [-0.25, -0.2) is 8.78 Å². The molecular formula is C13H7ClF2O. The molecule has 17 heavy (non-hydrogen) atoms. The van der Waals surface area contributed by atoms with Gasteiger partial charge in [-0.2, -0.15) is 0 Å². The van der Waals surface area contributed by atoms with Gasteiger partial charge in [-0.1, -0.05) is 35.9 Å². The third kappa shape index (κ3) is 2.19. The summed E-state index contributed by atoms with van der Waals surface area (Å²) in [7, 11) is 0. The Kier molecular flexibility index (Phi) is 3.20. The van der Waals surface area contributed by atoms with Crippen molar-refractivity contribution in [3.05, 3.63) is 58.6 Å². The lowest BCUT2D eigenvalue weighted by molar-refractivity contribution is 0.112. The van der Waals surface area contributed by atoms with Crippen molar-refractivity contribution in [1.82, 2.24) is 0 Å². The molecule has 0 heterocycles. The number of aldehydes is 1. The summed E-state index contributed by atoms with van der Waals surface area (Å²) >= 11 is 5.84. The Labute approximate surface area is 102 Å². The number of hydrogen-bond donors (Lipinski definition) is 0. The number of hydrogen-bond acceptors (Lipinski definition) is 1.